The summed E-state index contributed by atoms with van der Waals surface area (Å²) in [6, 6.07) is 6.97. The Labute approximate surface area is 136 Å². The van der Waals surface area contributed by atoms with Gasteiger partial charge in [-0.25, -0.2) is 8.42 Å². The molecule has 7 heteroatoms. The minimum atomic E-state index is -3.43. The van der Waals surface area contributed by atoms with Crippen molar-refractivity contribution in [3.05, 3.63) is 34.9 Å². The van der Waals surface area contributed by atoms with Crippen molar-refractivity contribution in [1.29, 1.82) is 0 Å². The highest BCUT2D eigenvalue weighted by Gasteiger charge is 2.27. The summed E-state index contributed by atoms with van der Waals surface area (Å²) in [5, 5.41) is 0.462. The molecule has 0 bridgehead atoms. The van der Waals surface area contributed by atoms with Crippen molar-refractivity contribution < 1.29 is 13.2 Å². The first kappa shape index (κ1) is 17.2. The third-order valence-corrected chi connectivity index (χ3v) is 6.00. The number of nitrogens with zero attached hydrogens (tertiary/aromatic N) is 2. The van der Waals surface area contributed by atoms with E-state index in [9.17, 15) is 13.2 Å². The maximum atomic E-state index is 12.6. The molecule has 22 heavy (non-hydrogen) atoms. The van der Waals surface area contributed by atoms with Gasteiger partial charge in [0.1, 0.15) is 0 Å². The van der Waals surface area contributed by atoms with E-state index < -0.39 is 10.0 Å². The molecule has 0 saturated carbocycles. The molecule has 1 saturated heterocycles. The van der Waals surface area contributed by atoms with Crippen LogP contribution in [0.25, 0.3) is 0 Å². The lowest BCUT2D eigenvalue weighted by Crippen LogP contribution is -2.37. The standard InChI is InChI=1S/C15H21ClN2O3S/c1-2-15(19)17-8-5-9-18(11-10-17)22(20,21)12-13-6-3-4-7-14(13)16/h3-4,6-7H,2,5,8-12H2,1H3. The highest BCUT2D eigenvalue weighted by atomic mass is 35.5. The minimum Gasteiger partial charge on any atom is -0.341 e. The second kappa shape index (κ2) is 7.44. The van der Waals surface area contributed by atoms with E-state index >= 15 is 0 Å². The van der Waals surface area contributed by atoms with Crippen LogP contribution in [0.2, 0.25) is 5.02 Å². The van der Waals surface area contributed by atoms with E-state index in [1.165, 1.54) is 4.31 Å². The number of hydrogen-bond donors (Lipinski definition) is 0. The topological polar surface area (TPSA) is 57.7 Å². The van der Waals surface area contributed by atoms with E-state index in [0.717, 1.165) is 0 Å². The van der Waals surface area contributed by atoms with E-state index in [4.69, 9.17) is 11.6 Å². The Balaban J connectivity index is 2.07. The van der Waals surface area contributed by atoms with Gasteiger partial charge in [0, 0.05) is 37.6 Å². The largest absolute Gasteiger partial charge is 0.341 e. The Morgan fingerprint density at radius 3 is 2.59 bits per heavy atom. The highest BCUT2D eigenvalue weighted by molar-refractivity contribution is 7.88. The smallest absolute Gasteiger partial charge is 0.222 e. The predicted molar refractivity (Wildman–Crippen MR) is 87.1 cm³/mol. The van der Waals surface area contributed by atoms with Gasteiger partial charge in [0.15, 0.2) is 0 Å². The molecule has 1 fully saturated rings. The summed E-state index contributed by atoms with van der Waals surface area (Å²) < 4.78 is 26.6. The number of hydrogen-bond acceptors (Lipinski definition) is 3. The van der Waals surface area contributed by atoms with Crippen LogP contribution in [-0.2, 0) is 20.6 Å². The molecule has 1 aliphatic rings. The molecule has 122 valence electrons. The average molecular weight is 345 g/mol. The van der Waals surface area contributed by atoms with Crippen LogP contribution in [0.5, 0.6) is 0 Å². The number of carbonyl (C=O) groups is 1. The lowest BCUT2D eigenvalue weighted by Gasteiger charge is -2.21. The second-order valence-corrected chi connectivity index (χ2v) is 7.71. The third-order valence-electron chi connectivity index (χ3n) is 3.80. The molecule has 0 radical (unpaired) electrons. The van der Waals surface area contributed by atoms with Crippen molar-refractivity contribution in [2.24, 2.45) is 0 Å². The molecule has 0 N–H and O–H groups in total. The third kappa shape index (κ3) is 4.21. The van der Waals surface area contributed by atoms with Gasteiger partial charge in [-0.3, -0.25) is 4.79 Å². The molecule has 2 rings (SSSR count). The summed E-state index contributed by atoms with van der Waals surface area (Å²) in [4.78, 5) is 13.5. The first-order valence-electron chi connectivity index (χ1n) is 7.43. The zero-order valence-corrected chi connectivity index (χ0v) is 14.2. The fourth-order valence-electron chi connectivity index (χ4n) is 2.55. The van der Waals surface area contributed by atoms with E-state index in [2.05, 4.69) is 0 Å². The molecule has 1 aromatic rings. The van der Waals surface area contributed by atoms with Crippen molar-refractivity contribution in [3.8, 4) is 0 Å². The first-order chi connectivity index (χ1) is 10.4. The minimum absolute atomic E-state index is 0.0744. The van der Waals surface area contributed by atoms with Gasteiger partial charge in [-0.2, -0.15) is 4.31 Å². The normalized spacial score (nSPS) is 17.3. The summed E-state index contributed by atoms with van der Waals surface area (Å²) in [6.45, 7) is 3.68. The van der Waals surface area contributed by atoms with Gasteiger partial charge in [0.2, 0.25) is 15.9 Å². The molecule has 1 amide bonds. The van der Waals surface area contributed by atoms with Crippen molar-refractivity contribution in [3.63, 3.8) is 0 Å². The Bertz CT molecular complexity index is 633. The van der Waals surface area contributed by atoms with Gasteiger partial charge < -0.3 is 4.90 Å². The second-order valence-electron chi connectivity index (χ2n) is 5.33. The Hall–Kier alpha value is -1.11. The molecule has 5 nitrogen and oxygen atoms in total. The summed E-state index contributed by atoms with van der Waals surface area (Å²) in [5.74, 6) is -0.0284. The lowest BCUT2D eigenvalue weighted by atomic mass is 10.2. The summed E-state index contributed by atoms with van der Waals surface area (Å²) in [7, 11) is -3.43. The van der Waals surface area contributed by atoms with Crippen LogP contribution < -0.4 is 0 Å². The Morgan fingerprint density at radius 2 is 1.91 bits per heavy atom. The van der Waals surface area contributed by atoms with Crippen LogP contribution in [0.4, 0.5) is 0 Å². The molecular formula is C15H21ClN2O3S. The van der Waals surface area contributed by atoms with Crippen molar-refractivity contribution in [2.75, 3.05) is 26.2 Å². The molecule has 0 unspecified atom stereocenters. The van der Waals surface area contributed by atoms with Crippen LogP contribution >= 0.6 is 11.6 Å². The summed E-state index contributed by atoms with van der Waals surface area (Å²) in [5.41, 5.74) is 0.606. The van der Waals surface area contributed by atoms with Crippen LogP contribution in [-0.4, -0.2) is 49.7 Å². The van der Waals surface area contributed by atoms with Crippen molar-refractivity contribution in [1.82, 2.24) is 9.21 Å². The van der Waals surface area contributed by atoms with E-state index in [0.29, 0.717) is 49.6 Å². The number of amides is 1. The molecule has 1 heterocycles. The zero-order chi connectivity index (χ0) is 16.2. The van der Waals surface area contributed by atoms with Crippen molar-refractivity contribution in [2.45, 2.75) is 25.5 Å². The monoisotopic (exact) mass is 344 g/mol. The van der Waals surface area contributed by atoms with Gasteiger partial charge in [-0.05, 0) is 18.1 Å². The number of sulfonamides is 1. The van der Waals surface area contributed by atoms with Gasteiger partial charge in [-0.15, -0.1) is 0 Å². The fourth-order valence-corrected chi connectivity index (χ4v) is 4.42. The van der Waals surface area contributed by atoms with E-state index in [1.807, 2.05) is 6.92 Å². The Kier molecular flexibility index (Phi) is 5.83. The SMILES string of the molecule is CCC(=O)N1CCCN(S(=O)(=O)Cc2ccccc2Cl)CC1. The number of halogens is 1. The Morgan fingerprint density at radius 1 is 1.18 bits per heavy atom. The highest BCUT2D eigenvalue weighted by Crippen LogP contribution is 2.20. The van der Waals surface area contributed by atoms with Crippen LogP contribution in [0.1, 0.15) is 25.3 Å². The van der Waals surface area contributed by atoms with Crippen LogP contribution in [0, 0.1) is 0 Å². The van der Waals surface area contributed by atoms with Gasteiger partial charge in [-0.1, -0.05) is 36.7 Å². The maximum Gasteiger partial charge on any atom is 0.222 e. The van der Waals surface area contributed by atoms with Gasteiger partial charge >= 0.3 is 0 Å². The molecule has 1 aromatic carbocycles. The van der Waals surface area contributed by atoms with E-state index in [1.54, 1.807) is 29.2 Å². The molecule has 0 spiro atoms. The average Bonchev–Trinajstić information content (AvgIpc) is 2.75. The molecular weight excluding hydrogens is 324 g/mol. The first-order valence-corrected chi connectivity index (χ1v) is 9.41. The number of carbonyl (C=O) groups excluding carboxylic acids is 1. The fraction of sp³-hybridized carbons (Fsp3) is 0.533. The number of rotatable bonds is 4. The summed E-state index contributed by atoms with van der Waals surface area (Å²) >= 11 is 6.05. The summed E-state index contributed by atoms with van der Waals surface area (Å²) in [6.07, 6.45) is 1.11. The molecule has 0 aromatic heterocycles. The quantitative estimate of drug-likeness (QED) is 0.840. The molecule has 0 atom stereocenters. The van der Waals surface area contributed by atoms with Crippen molar-refractivity contribution >= 4 is 27.5 Å². The molecule has 0 aliphatic carbocycles. The molecule has 1 aliphatic heterocycles. The van der Waals surface area contributed by atoms with Gasteiger partial charge in [0.05, 0.1) is 5.75 Å². The predicted octanol–water partition coefficient (Wildman–Crippen LogP) is 2.11. The van der Waals surface area contributed by atoms with Crippen LogP contribution in [0.15, 0.2) is 24.3 Å². The maximum absolute atomic E-state index is 12.6. The van der Waals surface area contributed by atoms with Gasteiger partial charge in [0.25, 0.3) is 0 Å². The lowest BCUT2D eigenvalue weighted by molar-refractivity contribution is -0.130. The number of benzene rings is 1. The zero-order valence-electron chi connectivity index (χ0n) is 12.7. The van der Waals surface area contributed by atoms with Crippen LogP contribution in [0.3, 0.4) is 0 Å². The van der Waals surface area contributed by atoms with E-state index in [-0.39, 0.29) is 11.7 Å².